The Hall–Kier alpha value is -1.80. The molecule has 0 atom stereocenters. The summed E-state index contributed by atoms with van der Waals surface area (Å²) < 4.78 is 29.9. The molecule has 0 spiro atoms. The Bertz CT molecular complexity index is 815. The van der Waals surface area contributed by atoms with Crippen LogP contribution in [0.5, 0.6) is 0 Å². The average Bonchev–Trinajstić information content (AvgIpc) is 3.14. The number of aromatic nitrogens is 4. The summed E-state index contributed by atoms with van der Waals surface area (Å²) in [5.74, 6) is 0.563. The Kier molecular flexibility index (Phi) is 4.69. The molecule has 2 aromatic rings. The lowest BCUT2D eigenvalue weighted by Crippen LogP contribution is -2.27. The second-order valence-corrected chi connectivity index (χ2v) is 8.23. The maximum Gasteiger partial charge on any atom is 0.241 e. The fourth-order valence-electron chi connectivity index (χ4n) is 3.58. The molecule has 1 fully saturated rings. The van der Waals surface area contributed by atoms with Crippen LogP contribution in [0.3, 0.4) is 0 Å². The molecular weight excluding hydrogens is 326 g/mol. The molecule has 24 heavy (non-hydrogen) atoms. The predicted molar refractivity (Wildman–Crippen MR) is 90.0 cm³/mol. The highest BCUT2D eigenvalue weighted by Gasteiger charge is 2.24. The summed E-state index contributed by atoms with van der Waals surface area (Å²) >= 11 is 0. The van der Waals surface area contributed by atoms with Crippen LogP contribution in [-0.4, -0.2) is 28.6 Å². The Labute approximate surface area is 142 Å². The molecule has 1 N–H and O–H groups in total. The first-order valence-corrected chi connectivity index (χ1v) is 9.71. The summed E-state index contributed by atoms with van der Waals surface area (Å²) in [5.41, 5.74) is 2.54. The molecule has 130 valence electrons. The molecule has 1 aromatic heterocycles. The van der Waals surface area contributed by atoms with Crippen LogP contribution >= 0.6 is 0 Å². The lowest BCUT2D eigenvalue weighted by Gasteiger charge is -2.14. The fraction of sp³-hybridized carbons (Fsp3) is 0.562. The maximum atomic E-state index is 12.7. The van der Waals surface area contributed by atoms with E-state index >= 15 is 0 Å². The van der Waals surface area contributed by atoms with E-state index in [9.17, 15) is 8.42 Å². The van der Waals surface area contributed by atoms with Crippen molar-refractivity contribution in [2.45, 2.75) is 63.9 Å². The summed E-state index contributed by atoms with van der Waals surface area (Å²) in [5, 5.41) is 11.7. The van der Waals surface area contributed by atoms with Gasteiger partial charge in [-0.15, -0.1) is 5.10 Å². The van der Waals surface area contributed by atoms with Gasteiger partial charge < -0.3 is 0 Å². The minimum absolute atomic E-state index is 0.0958. The van der Waals surface area contributed by atoms with Gasteiger partial charge in [0.1, 0.15) is 0 Å². The van der Waals surface area contributed by atoms with Gasteiger partial charge >= 0.3 is 0 Å². The molecule has 0 aliphatic heterocycles. The van der Waals surface area contributed by atoms with Crippen molar-refractivity contribution in [3.8, 4) is 0 Å². The number of hydrogen-bond donors (Lipinski definition) is 1. The van der Waals surface area contributed by atoms with E-state index in [-0.39, 0.29) is 12.6 Å². The number of sulfonamides is 1. The smallest absolute Gasteiger partial charge is 0.225 e. The van der Waals surface area contributed by atoms with E-state index in [2.05, 4.69) is 20.2 Å². The van der Waals surface area contributed by atoms with Crippen molar-refractivity contribution in [1.29, 1.82) is 0 Å². The van der Waals surface area contributed by atoms with Gasteiger partial charge in [-0.2, -0.15) is 0 Å². The molecule has 0 bridgehead atoms. The minimum atomic E-state index is -3.61. The number of benzene rings is 1. The summed E-state index contributed by atoms with van der Waals surface area (Å²) in [6.07, 6.45) is 4.41. The summed E-state index contributed by atoms with van der Waals surface area (Å²) in [4.78, 5) is 0.341. The molecule has 0 unspecified atom stereocenters. The lowest BCUT2D eigenvalue weighted by atomic mass is 10.1. The number of aryl methyl sites for hydroxylation is 3. The second-order valence-electron chi connectivity index (χ2n) is 6.53. The predicted octanol–water partition coefficient (Wildman–Crippen LogP) is 2.19. The SMILES string of the molecule is Cc1cc(C)c(S(=O)(=O)NCc2nnnn2C2CCCC2)c(C)c1. The number of rotatable bonds is 5. The van der Waals surface area contributed by atoms with Gasteiger partial charge in [0, 0.05) is 0 Å². The third-order valence-electron chi connectivity index (χ3n) is 4.53. The molecule has 3 rings (SSSR count). The van der Waals surface area contributed by atoms with Crippen LogP contribution in [0.15, 0.2) is 17.0 Å². The third kappa shape index (κ3) is 3.34. The summed E-state index contributed by atoms with van der Waals surface area (Å²) in [7, 11) is -3.61. The van der Waals surface area contributed by atoms with Gasteiger partial charge in [0.05, 0.1) is 17.5 Å². The molecule has 1 saturated carbocycles. The average molecular weight is 349 g/mol. The quantitative estimate of drug-likeness (QED) is 0.894. The van der Waals surface area contributed by atoms with Gasteiger partial charge in [-0.3, -0.25) is 0 Å². The Balaban J connectivity index is 1.81. The summed E-state index contributed by atoms with van der Waals surface area (Å²) in [6.45, 7) is 5.69. The zero-order valence-electron chi connectivity index (χ0n) is 14.3. The van der Waals surface area contributed by atoms with Crippen LogP contribution in [0, 0.1) is 20.8 Å². The molecule has 8 heteroatoms. The van der Waals surface area contributed by atoms with Crippen molar-refractivity contribution in [3.05, 3.63) is 34.6 Å². The highest BCUT2D eigenvalue weighted by atomic mass is 32.2. The number of nitrogens with one attached hydrogen (secondary N) is 1. The highest BCUT2D eigenvalue weighted by Crippen LogP contribution is 2.29. The van der Waals surface area contributed by atoms with E-state index < -0.39 is 10.0 Å². The number of nitrogens with zero attached hydrogens (tertiary/aromatic N) is 4. The first-order chi connectivity index (χ1) is 11.4. The normalized spacial score (nSPS) is 16.0. The van der Waals surface area contributed by atoms with E-state index in [1.807, 2.05) is 32.9 Å². The van der Waals surface area contributed by atoms with Crippen LogP contribution in [0.1, 0.15) is 54.2 Å². The van der Waals surface area contributed by atoms with E-state index in [1.165, 1.54) is 0 Å². The van der Waals surface area contributed by atoms with Crippen molar-refractivity contribution >= 4 is 10.0 Å². The van der Waals surface area contributed by atoms with Crippen LogP contribution in [0.4, 0.5) is 0 Å². The standard InChI is InChI=1S/C16H23N5O2S/c1-11-8-12(2)16(13(3)9-11)24(22,23)17-10-15-18-19-20-21(15)14-6-4-5-7-14/h8-9,14,17H,4-7,10H2,1-3H3. The van der Waals surface area contributed by atoms with Crippen molar-refractivity contribution in [3.63, 3.8) is 0 Å². The topological polar surface area (TPSA) is 89.8 Å². The molecule has 1 aliphatic rings. The largest absolute Gasteiger partial charge is 0.241 e. The zero-order chi connectivity index (χ0) is 17.3. The van der Waals surface area contributed by atoms with Crippen LogP contribution in [-0.2, 0) is 16.6 Å². The lowest BCUT2D eigenvalue weighted by molar-refractivity contribution is 0.435. The van der Waals surface area contributed by atoms with Gasteiger partial charge in [0.15, 0.2) is 5.82 Å². The zero-order valence-corrected chi connectivity index (χ0v) is 15.1. The monoisotopic (exact) mass is 349 g/mol. The first kappa shape index (κ1) is 17.0. The molecule has 0 radical (unpaired) electrons. The van der Waals surface area contributed by atoms with Crippen molar-refractivity contribution < 1.29 is 8.42 Å². The van der Waals surface area contributed by atoms with Gasteiger partial charge in [0.2, 0.25) is 10.0 Å². The molecule has 0 saturated heterocycles. The maximum absolute atomic E-state index is 12.7. The second kappa shape index (κ2) is 6.60. The summed E-state index contributed by atoms with van der Waals surface area (Å²) in [6, 6.07) is 4.04. The van der Waals surface area contributed by atoms with E-state index in [1.54, 1.807) is 4.68 Å². The molecule has 0 amide bonds. The molecular formula is C16H23N5O2S. The fourth-order valence-corrected chi connectivity index (χ4v) is 5.01. The van der Waals surface area contributed by atoms with Crippen LogP contribution < -0.4 is 4.72 Å². The van der Waals surface area contributed by atoms with Crippen molar-refractivity contribution in [2.75, 3.05) is 0 Å². The number of tetrazole rings is 1. The van der Waals surface area contributed by atoms with Crippen LogP contribution in [0.2, 0.25) is 0 Å². The number of hydrogen-bond acceptors (Lipinski definition) is 5. The van der Waals surface area contributed by atoms with E-state index in [0.29, 0.717) is 10.7 Å². The van der Waals surface area contributed by atoms with Crippen molar-refractivity contribution in [2.24, 2.45) is 0 Å². The first-order valence-electron chi connectivity index (χ1n) is 8.23. The van der Waals surface area contributed by atoms with Gasteiger partial charge in [-0.1, -0.05) is 30.5 Å². The van der Waals surface area contributed by atoms with E-state index in [4.69, 9.17) is 0 Å². The Morgan fingerprint density at radius 1 is 1.17 bits per heavy atom. The third-order valence-corrected chi connectivity index (χ3v) is 6.23. The molecule has 1 aromatic carbocycles. The van der Waals surface area contributed by atoms with Gasteiger partial charge in [0.25, 0.3) is 0 Å². The van der Waals surface area contributed by atoms with Gasteiger partial charge in [-0.05, 0) is 55.2 Å². The molecule has 1 heterocycles. The molecule has 7 nitrogen and oxygen atoms in total. The van der Waals surface area contributed by atoms with E-state index in [0.717, 1.165) is 42.4 Å². The van der Waals surface area contributed by atoms with Crippen LogP contribution in [0.25, 0.3) is 0 Å². The Morgan fingerprint density at radius 3 is 2.42 bits per heavy atom. The minimum Gasteiger partial charge on any atom is -0.225 e. The van der Waals surface area contributed by atoms with Crippen molar-refractivity contribution in [1.82, 2.24) is 24.9 Å². The highest BCUT2D eigenvalue weighted by molar-refractivity contribution is 7.89. The Morgan fingerprint density at radius 2 is 1.79 bits per heavy atom. The molecule has 1 aliphatic carbocycles. The van der Waals surface area contributed by atoms with Gasteiger partial charge in [-0.25, -0.2) is 17.8 Å².